The normalized spacial score (nSPS) is 15.0. The van der Waals surface area contributed by atoms with Gasteiger partial charge in [0.15, 0.2) is 0 Å². The number of hydrogen-bond acceptors (Lipinski definition) is 10. The van der Waals surface area contributed by atoms with Crippen LogP contribution in [0.15, 0.2) is 72.8 Å². The van der Waals surface area contributed by atoms with E-state index in [0.29, 0.717) is 59.9 Å². The second-order valence-electron chi connectivity index (χ2n) is 13.6. The number of amides is 1. The Morgan fingerprint density at radius 2 is 1.58 bits per heavy atom. The molecule has 0 atom stereocenters. The smallest absolute Gasteiger partial charge is 0.486 e. The van der Waals surface area contributed by atoms with E-state index in [0.717, 1.165) is 17.8 Å². The number of nitrogens with one attached hydrogen (secondary N) is 2. The van der Waals surface area contributed by atoms with Gasteiger partial charge in [0.05, 0.1) is 11.4 Å². The van der Waals surface area contributed by atoms with Crippen LogP contribution in [0.3, 0.4) is 0 Å². The number of rotatable bonds is 10. The first-order valence-electron chi connectivity index (χ1n) is 17.7. The number of alkyl halides is 3. The highest BCUT2D eigenvalue weighted by Gasteiger charge is 2.38. The van der Waals surface area contributed by atoms with E-state index in [2.05, 4.69) is 53.1 Å². The summed E-state index contributed by atoms with van der Waals surface area (Å²) in [7, 11) is -3.75. The molecule has 0 aliphatic carbocycles. The molecule has 0 unspecified atom stereocenters. The number of carboxylic acid groups (broad SMARTS) is 1. The van der Waals surface area contributed by atoms with Crippen LogP contribution in [-0.2, 0) is 26.0 Å². The van der Waals surface area contributed by atoms with Crippen LogP contribution < -0.4 is 19.5 Å². The maximum Gasteiger partial charge on any atom is 0.490 e. The van der Waals surface area contributed by atoms with Gasteiger partial charge in [0.1, 0.15) is 22.6 Å². The van der Waals surface area contributed by atoms with Gasteiger partial charge in [0.2, 0.25) is 10.0 Å². The number of likely N-dealkylation sites (tertiary alicyclic amines) is 1. The Kier molecular flexibility index (Phi) is 14.6. The molecule has 2 saturated heterocycles. The molecule has 6 rings (SSSR count). The topological polar surface area (TPSA) is 160 Å². The number of carbonyl (C=O) groups excluding carboxylic acids is 1. The van der Waals surface area contributed by atoms with Gasteiger partial charge in [-0.3, -0.25) is 9.52 Å². The van der Waals surface area contributed by atoms with E-state index in [4.69, 9.17) is 19.4 Å². The van der Waals surface area contributed by atoms with Gasteiger partial charge in [-0.1, -0.05) is 93.5 Å². The van der Waals surface area contributed by atoms with E-state index in [1.54, 1.807) is 42.5 Å². The fourth-order valence-electron chi connectivity index (χ4n) is 5.43. The van der Waals surface area contributed by atoms with Gasteiger partial charge in [-0.05, 0) is 60.2 Å². The van der Waals surface area contributed by atoms with Crippen molar-refractivity contribution in [1.82, 2.24) is 20.4 Å². The zero-order chi connectivity index (χ0) is 40.4. The largest absolute Gasteiger partial charge is 0.490 e. The summed E-state index contributed by atoms with van der Waals surface area (Å²) in [5.74, 6) is -1.63. The number of carboxylic acids is 1. The van der Waals surface area contributed by atoms with Gasteiger partial charge < -0.3 is 24.8 Å². The third-order valence-electron chi connectivity index (χ3n) is 8.36. The van der Waals surface area contributed by atoms with Gasteiger partial charge in [0, 0.05) is 37.2 Å². The van der Waals surface area contributed by atoms with E-state index in [1.165, 1.54) is 16.9 Å². The summed E-state index contributed by atoms with van der Waals surface area (Å²) in [6.45, 7) is 12.9. The van der Waals surface area contributed by atoms with Crippen molar-refractivity contribution in [3.63, 3.8) is 0 Å². The molecule has 0 spiro atoms. The second-order valence-corrected chi connectivity index (χ2v) is 16.3. The lowest BCUT2D eigenvalue weighted by Crippen LogP contribution is -2.50. The summed E-state index contributed by atoms with van der Waals surface area (Å²) in [4.78, 5) is 24.3. The molecule has 4 aromatic rings. The summed E-state index contributed by atoms with van der Waals surface area (Å²) in [6, 6.07) is 22.0. The number of aliphatic carboxylic acids is 1. The zero-order valence-electron chi connectivity index (χ0n) is 31.2. The van der Waals surface area contributed by atoms with Crippen LogP contribution in [0.2, 0.25) is 0 Å². The first-order valence-corrected chi connectivity index (χ1v) is 20.2. The molecule has 17 heteroatoms. The van der Waals surface area contributed by atoms with E-state index in [-0.39, 0.29) is 28.9 Å². The molecule has 3 aromatic carbocycles. The Balaban J connectivity index is 0.000000674. The summed E-state index contributed by atoms with van der Waals surface area (Å²) in [6.07, 6.45) is -3.49. The number of carbonyl (C=O) groups is 2. The van der Waals surface area contributed by atoms with Crippen LogP contribution in [0.1, 0.15) is 79.9 Å². The predicted octanol–water partition coefficient (Wildman–Crippen LogP) is 7.60. The minimum atomic E-state index is -5.08. The number of piperidine rings is 1. The first-order chi connectivity index (χ1) is 26.0. The highest BCUT2D eigenvalue weighted by Crippen LogP contribution is 2.35. The van der Waals surface area contributed by atoms with Gasteiger partial charge in [-0.15, -0.1) is 5.10 Å². The number of aromatic nitrogens is 2. The van der Waals surface area contributed by atoms with Crippen LogP contribution in [0, 0.1) is 0 Å². The maximum absolute atomic E-state index is 13.6. The van der Waals surface area contributed by atoms with Crippen molar-refractivity contribution in [2.75, 3.05) is 30.9 Å². The molecule has 1 amide bonds. The number of anilines is 1. The lowest BCUT2D eigenvalue weighted by Gasteiger charge is -2.32. The molecular formula is C38H46F3N5O7S2. The van der Waals surface area contributed by atoms with Gasteiger partial charge in [-0.2, -0.15) is 13.2 Å². The van der Waals surface area contributed by atoms with Crippen molar-refractivity contribution in [2.45, 2.75) is 76.8 Å². The highest BCUT2D eigenvalue weighted by molar-refractivity contribution is 7.91. The van der Waals surface area contributed by atoms with Crippen molar-refractivity contribution in [1.29, 1.82) is 0 Å². The molecule has 1 aromatic heterocycles. The molecule has 2 aliphatic rings. The van der Waals surface area contributed by atoms with Crippen molar-refractivity contribution in [3.8, 4) is 16.7 Å². The van der Waals surface area contributed by atoms with E-state index < -0.39 is 22.2 Å². The summed E-state index contributed by atoms with van der Waals surface area (Å²) >= 11 is 1.45. The monoisotopic (exact) mass is 805 g/mol. The van der Waals surface area contributed by atoms with Crippen LogP contribution in [0.4, 0.5) is 18.9 Å². The third kappa shape index (κ3) is 12.7. The van der Waals surface area contributed by atoms with Crippen molar-refractivity contribution < 1.29 is 45.8 Å². The lowest BCUT2D eigenvalue weighted by atomic mass is 9.89. The first kappa shape index (κ1) is 43.0. The van der Waals surface area contributed by atoms with E-state index >= 15 is 0 Å². The molecule has 0 bridgehead atoms. The minimum Gasteiger partial charge on any atom is -0.486 e. The SMILES string of the molecule is CC.CC(C)(C)c1nnc(Oc2ccc(C3CCN(C(=O)c4ccc(OC5CNC5)c(NS(=O)(=O)Cc5ccccc5)c4)CC3)cc2)s1.O=C(O)C(F)(F)F. The van der Waals surface area contributed by atoms with Crippen molar-refractivity contribution >= 4 is 38.9 Å². The van der Waals surface area contributed by atoms with Crippen molar-refractivity contribution in [2.24, 2.45) is 0 Å². The number of ether oxygens (including phenoxy) is 2. The van der Waals surface area contributed by atoms with E-state index in [9.17, 15) is 26.4 Å². The highest BCUT2D eigenvalue weighted by atomic mass is 32.2. The predicted molar refractivity (Wildman–Crippen MR) is 204 cm³/mol. The summed E-state index contributed by atoms with van der Waals surface area (Å²) < 4.78 is 72.6. The number of halogens is 3. The molecule has 3 N–H and O–H groups in total. The third-order valence-corrected chi connectivity index (χ3v) is 10.8. The fraction of sp³-hybridized carbons (Fsp3) is 0.421. The standard InChI is InChI=1S/C34H39N5O5S2.C2HF3O2.C2H6/c1-34(2,3)32-36-37-33(45-32)44-27-12-9-24(10-13-27)25-15-17-39(18-16-25)31(40)26-11-14-30(43-28-20-35-21-28)29(19-26)38-46(41,42)22-23-7-5-4-6-8-23;3-2(4,5)1(6)7;1-2/h4-14,19,25,28,35,38H,15-18,20-22H2,1-3H3;(H,6,7);1-2H3. The molecule has 2 aliphatic heterocycles. The Bertz CT molecular complexity index is 1980. The molecule has 2 fully saturated rings. The Labute approximate surface area is 323 Å². The summed E-state index contributed by atoms with van der Waals surface area (Å²) in [5.41, 5.74) is 2.49. The number of hydrogen-bond donors (Lipinski definition) is 3. The molecule has 298 valence electrons. The van der Waals surface area contributed by atoms with Gasteiger partial charge >= 0.3 is 12.1 Å². The number of sulfonamides is 1. The van der Waals surface area contributed by atoms with E-state index in [1.807, 2.05) is 36.9 Å². The van der Waals surface area contributed by atoms with Crippen LogP contribution >= 0.6 is 11.3 Å². The van der Waals surface area contributed by atoms with Crippen LogP contribution in [0.25, 0.3) is 0 Å². The molecule has 55 heavy (non-hydrogen) atoms. The Morgan fingerprint density at radius 1 is 0.964 bits per heavy atom. The quantitative estimate of drug-likeness (QED) is 0.146. The fourth-order valence-corrected chi connectivity index (χ4v) is 7.40. The molecule has 0 saturated carbocycles. The number of nitrogens with zero attached hydrogens (tertiary/aromatic N) is 3. The van der Waals surface area contributed by atoms with Crippen molar-refractivity contribution in [3.05, 3.63) is 94.5 Å². The lowest BCUT2D eigenvalue weighted by molar-refractivity contribution is -0.192. The van der Waals surface area contributed by atoms with Crippen LogP contribution in [-0.4, -0.2) is 79.0 Å². The van der Waals surface area contributed by atoms with Crippen LogP contribution in [0.5, 0.6) is 16.7 Å². The minimum absolute atomic E-state index is 0.0516. The second kappa shape index (κ2) is 18.7. The maximum atomic E-state index is 13.6. The zero-order valence-corrected chi connectivity index (χ0v) is 32.9. The molecular weight excluding hydrogens is 760 g/mol. The Morgan fingerprint density at radius 3 is 2.11 bits per heavy atom. The Hall–Kier alpha value is -4.74. The number of benzene rings is 3. The average Bonchev–Trinajstić information content (AvgIpc) is 3.61. The van der Waals surface area contributed by atoms with Gasteiger partial charge in [0.25, 0.3) is 11.1 Å². The molecule has 12 nitrogen and oxygen atoms in total. The van der Waals surface area contributed by atoms with Gasteiger partial charge in [-0.25, -0.2) is 13.2 Å². The molecule has 3 heterocycles. The summed E-state index contributed by atoms with van der Waals surface area (Å²) in [5, 5.41) is 20.1. The average molecular weight is 806 g/mol. The molecule has 0 radical (unpaired) electrons.